The topological polar surface area (TPSA) is 21.3 Å². The summed E-state index contributed by atoms with van der Waals surface area (Å²) < 4.78 is 5.42. The van der Waals surface area contributed by atoms with E-state index in [1.807, 2.05) is 7.05 Å². The molecule has 1 N–H and O–H groups in total. The fourth-order valence-corrected chi connectivity index (χ4v) is 2.49. The molecule has 90 valence electrons. The molecule has 0 amide bonds. The van der Waals surface area contributed by atoms with E-state index in [1.54, 1.807) is 7.11 Å². The maximum atomic E-state index is 5.42. The molecule has 0 heterocycles. The summed E-state index contributed by atoms with van der Waals surface area (Å²) in [6.45, 7) is 6.33. The summed E-state index contributed by atoms with van der Waals surface area (Å²) in [5, 5.41) is 3.28. The number of methoxy groups -OCH3 is 1. The van der Waals surface area contributed by atoms with Crippen LogP contribution in [0.25, 0.3) is 0 Å². The maximum absolute atomic E-state index is 5.42. The van der Waals surface area contributed by atoms with Crippen LogP contribution in [0.3, 0.4) is 0 Å². The van der Waals surface area contributed by atoms with Crippen molar-refractivity contribution in [2.45, 2.75) is 26.8 Å². The number of rotatable bonds is 4. The number of thiol groups is 1. The van der Waals surface area contributed by atoms with Crippen LogP contribution < -0.4 is 10.1 Å². The van der Waals surface area contributed by atoms with E-state index in [9.17, 15) is 0 Å². The Morgan fingerprint density at radius 1 is 1.31 bits per heavy atom. The van der Waals surface area contributed by atoms with Crippen molar-refractivity contribution in [2.24, 2.45) is 0 Å². The molecule has 0 aliphatic carbocycles. The standard InChI is InChI=1S/C13H21NOS/c1-8-6-11(12(7-16)14-4)9(2)10(3)13(8)15-5/h6,12,14,16H,7H2,1-5H3. The fourth-order valence-electron chi connectivity index (χ4n) is 2.11. The van der Waals surface area contributed by atoms with Crippen molar-refractivity contribution in [2.75, 3.05) is 19.9 Å². The van der Waals surface area contributed by atoms with E-state index in [1.165, 1.54) is 22.3 Å². The number of ether oxygens (including phenoxy) is 1. The molecule has 0 saturated heterocycles. The molecule has 1 atom stereocenters. The summed E-state index contributed by atoms with van der Waals surface area (Å²) >= 11 is 4.38. The van der Waals surface area contributed by atoms with E-state index in [0.29, 0.717) is 6.04 Å². The first-order chi connectivity index (χ1) is 7.56. The van der Waals surface area contributed by atoms with Gasteiger partial charge in [0.05, 0.1) is 7.11 Å². The Kier molecular flexibility index (Phi) is 4.69. The van der Waals surface area contributed by atoms with Crippen molar-refractivity contribution >= 4 is 12.6 Å². The third-order valence-corrected chi connectivity index (χ3v) is 3.54. The second-order valence-corrected chi connectivity index (χ2v) is 4.45. The summed E-state index contributed by atoms with van der Waals surface area (Å²) in [6, 6.07) is 2.49. The van der Waals surface area contributed by atoms with Crippen LogP contribution in [-0.2, 0) is 0 Å². The van der Waals surface area contributed by atoms with Gasteiger partial charge in [0, 0.05) is 11.8 Å². The zero-order valence-corrected chi connectivity index (χ0v) is 11.6. The highest BCUT2D eigenvalue weighted by molar-refractivity contribution is 7.80. The van der Waals surface area contributed by atoms with Gasteiger partial charge in [-0.05, 0) is 50.1 Å². The Bertz CT molecular complexity index is 373. The molecule has 0 radical (unpaired) electrons. The third-order valence-electron chi connectivity index (χ3n) is 3.18. The molecule has 3 heteroatoms. The van der Waals surface area contributed by atoms with Gasteiger partial charge in [0.25, 0.3) is 0 Å². The zero-order chi connectivity index (χ0) is 12.3. The normalized spacial score (nSPS) is 12.6. The summed E-state index contributed by atoms with van der Waals surface area (Å²) in [6.07, 6.45) is 0. The van der Waals surface area contributed by atoms with Crippen molar-refractivity contribution in [3.05, 3.63) is 28.3 Å². The minimum Gasteiger partial charge on any atom is -0.496 e. The minimum absolute atomic E-state index is 0.298. The predicted molar refractivity (Wildman–Crippen MR) is 72.9 cm³/mol. The highest BCUT2D eigenvalue weighted by Gasteiger charge is 2.15. The van der Waals surface area contributed by atoms with Crippen LogP contribution in [0, 0.1) is 20.8 Å². The Balaban J connectivity index is 3.32. The Morgan fingerprint density at radius 2 is 1.94 bits per heavy atom. The van der Waals surface area contributed by atoms with Gasteiger partial charge >= 0.3 is 0 Å². The molecule has 1 unspecified atom stereocenters. The van der Waals surface area contributed by atoms with Crippen LogP contribution in [0.2, 0.25) is 0 Å². The van der Waals surface area contributed by atoms with E-state index in [-0.39, 0.29) is 0 Å². The van der Waals surface area contributed by atoms with Crippen LogP contribution in [0.1, 0.15) is 28.3 Å². The first kappa shape index (κ1) is 13.4. The van der Waals surface area contributed by atoms with Crippen LogP contribution in [0.5, 0.6) is 5.75 Å². The van der Waals surface area contributed by atoms with Crippen molar-refractivity contribution < 1.29 is 4.74 Å². The highest BCUT2D eigenvalue weighted by atomic mass is 32.1. The van der Waals surface area contributed by atoms with Crippen molar-refractivity contribution in [3.63, 3.8) is 0 Å². The van der Waals surface area contributed by atoms with Gasteiger partial charge in [-0.3, -0.25) is 0 Å². The highest BCUT2D eigenvalue weighted by Crippen LogP contribution is 2.31. The molecular formula is C13H21NOS. The lowest BCUT2D eigenvalue weighted by Crippen LogP contribution is -2.19. The number of nitrogens with one attached hydrogen (secondary N) is 1. The largest absolute Gasteiger partial charge is 0.496 e. The van der Waals surface area contributed by atoms with Crippen LogP contribution >= 0.6 is 12.6 Å². The molecule has 0 saturated carbocycles. The van der Waals surface area contributed by atoms with E-state index in [4.69, 9.17) is 4.74 Å². The Labute approximate surface area is 104 Å². The SMILES string of the molecule is CNC(CS)c1cc(C)c(OC)c(C)c1C. The molecule has 0 fully saturated rings. The molecular weight excluding hydrogens is 218 g/mol. The van der Waals surface area contributed by atoms with Crippen molar-refractivity contribution in [1.82, 2.24) is 5.32 Å². The van der Waals surface area contributed by atoms with Crippen LogP contribution in [-0.4, -0.2) is 19.9 Å². The number of hydrogen-bond donors (Lipinski definition) is 2. The average molecular weight is 239 g/mol. The molecule has 0 aromatic heterocycles. The van der Waals surface area contributed by atoms with Gasteiger partial charge < -0.3 is 10.1 Å². The summed E-state index contributed by atoms with van der Waals surface area (Å²) in [7, 11) is 3.69. The van der Waals surface area contributed by atoms with Gasteiger partial charge in [0.15, 0.2) is 0 Å². The smallest absolute Gasteiger partial charge is 0.124 e. The van der Waals surface area contributed by atoms with E-state index >= 15 is 0 Å². The molecule has 0 aliphatic rings. The maximum Gasteiger partial charge on any atom is 0.124 e. The first-order valence-corrected chi connectivity index (χ1v) is 6.12. The van der Waals surface area contributed by atoms with Crippen molar-refractivity contribution in [1.29, 1.82) is 0 Å². The molecule has 1 aromatic carbocycles. The minimum atomic E-state index is 0.298. The fraction of sp³-hybridized carbons (Fsp3) is 0.538. The monoisotopic (exact) mass is 239 g/mol. The van der Waals surface area contributed by atoms with Gasteiger partial charge in [-0.15, -0.1) is 0 Å². The molecule has 0 spiro atoms. The van der Waals surface area contributed by atoms with E-state index < -0.39 is 0 Å². The second kappa shape index (κ2) is 5.60. The van der Waals surface area contributed by atoms with Gasteiger partial charge in [-0.25, -0.2) is 0 Å². The molecule has 2 nitrogen and oxygen atoms in total. The average Bonchev–Trinajstić information content (AvgIpc) is 2.27. The molecule has 0 aliphatic heterocycles. The van der Waals surface area contributed by atoms with Crippen LogP contribution in [0.4, 0.5) is 0 Å². The molecule has 0 bridgehead atoms. The zero-order valence-electron chi connectivity index (χ0n) is 10.7. The number of benzene rings is 1. The Morgan fingerprint density at radius 3 is 2.38 bits per heavy atom. The molecule has 1 aromatic rings. The lowest BCUT2D eigenvalue weighted by molar-refractivity contribution is 0.407. The van der Waals surface area contributed by atoms with Crippen molar-refractivity contribution in [3.8, 4) is 5.75 Å². The predicted octanol–water partition coefficient (Wildman–Crippen LogP) is 2.81. The van der Waals surface area contributed by atoms with Gasteiger partial charge in [-0.2, -0.15) is 12.6 Å². The summed E-state index contributed by atoms with van der Waals surface area (Å²) in [4.78, 5) is 0. The first-order valence-electron chi connectivity index (χ1n) is 5.49. The lowest BCUT2D eigenvalue weighted by atomic mass is 9.94. The van der Waals surface area contributed by atoms with Crippen LogP contribution in [0.15, 0.2) is 6.07 Å². The molecule has 16 heavy (non-hydrogen) atoms. The van der Waals surface area contributed by atoms with Gasteiger partial charge in [0.1, 0.15) is 5.75 Å². The van der Waals surface area contributed by atoms with Gasteiger partial charge in [-0.1, -0.05) is 6.07 Å². The lowest BCUT2D eigenvalue weighted by Gasteiger charge is -2.21. The summed E-state index contributed by atoms with van der Waals surface area (Å²) in [5.74, 6) is 1.79. The second-order valence-electron chi connectivity index (χ2n) is 4.09. The summed E-state index contributed by atoms with van der Waals surface area (Å²) in [5.41, 5.74) is 5.01. The van der Waals surface area contributed by atoms with E-state index in [0.717, 1.165) is 11.5 Å². The number of aryl methyl sites for hydroxylation is 1. The molecule has 1 rings (SSSR count). The third kappa shape index (κ3) is 2.36. The quantitative estimate of drug-likeness (QED) is 0.788. The Hall–Kier alpha value is -0.670. The van der Waals surface area contributed by atoms with Gasteiger partial charge in [0.2, 0.25) is 0 Å². The number of hydrogen-bond acceptors (Lipinski definition) is 3. The van der Waals surface area contributed by atoms with E-state index in [2.05, 4.69) is 44.8 Å².